The van der Waals surface area contributed by atoms with Crippen LogP contribution in [0.1, 0.15) is 23.6 Å². The second-order valence-electron chi connectivity index (χ2n) is 8.09. The molecule has 0 unspecified atom stereocenters. The van der Waals surface area contributed by atoms with Crippen molar-refractivity contribution in [1.29, 1.82) is 0 Å². The second-order valence-corrected chi connectivity index (χ2v) is 9.76. The molecule has 1 aliphatic heterocycles. The van der Waals surface area contributed by atoms with Gasteiger partial charge in [0.25, 0.3) is 11.8 Å². The summed E-state index contributed by atoms with van der Waals surface area (Å²) in [6.07, 6.45) is 1.74. The first-order valence-corrected chi connectivity index (χ1v) is 12.7. The van der Waals surface area contributed by atoms with Crippen LogP contribution in [0.3, 0.4) is 0 Å². The van der Waals surface area contributed by atoms with Crippen molar-refractivity contribution in [3.05, 3.63) is 88.3 Å². The summed E-state index contributed by atoms with van der Waals surface area (Å²) in [5, 5.41) is 2.92. The molecule has 1 fully saturated rings. The number of nitrogens with zero attached hydrogens (tertiary/aromatic N) is 1. The van der Waals surface area contributed by atoms with E-state index in [1.165, 1.54) is 16.7 Å². The maximum Gasteiger partial charge on any atom is 0.270 e. The van der Waals surface area contributed by atoms with E-state index in [0.717, 1.165) is 22.6 Å². The third-order valence-electron chi connectivity index (χ3n) is 5.51. The number of para-hydroxylation sites is 2. The number of benzene rings is 3. The van der Waals surface area contributed by atoms with Gasteiger partial charge in [-0.05, 0) is 68.3 Å². The molecule has 0 spiro atoms. The van der Waals surface area contributed by atoms with Crippen LogP contribution < -0.4 is 19.7 Å². The summed E-state index contributed by atoms with van der Waals surface area (Å²) in [6.45, 7) is 6.22. The average molecular weight is 519 g/mol. The number of rotatable bonds is 8. The highest BCUT2D eigenvalue weighted by Gasteiger charge is 2.33. The Hall–Kier alpha value is -3.62. The van der Waals surface area contributed by atoms with Crippen LogP contribution in [0.25, 0.3) is 6.08 Å². The fraction of sp³-hybridized carbons (Fsp3) is 0.179. The van der Waals surface area contributed by atoms with Crippen molar-refractivity contribution in [2.75, 3.05) is 23.4 Å². The molecule has 36 heavy (non-hydrogen) atoms. The Morgan fingerprint density at radius 2 is 1.69 bits per heavy atom. The molecule has 2 amide bonds. The molecule has 4 rings (SSSR count). The van der Waals surface area contributed by atoms with Gasteiger partial charge in [0.05, 0.1) is 17.2 Å². The lowest BCUT2D eigenvalue weighted by Crippen LogP contribution is -2.27. The molecular weight excluding hydrogens is 492 g/mol. The molecule has 0 aliphatic carbocycles. The molecule has 8 heteroatoms. The van der Waals surface area contributed by atoms with E-state index >= 15 is 0 Å². The van der Waals surface area contributed by atoms with Crippen molar-refractivity contribution in [1.82, 2.24) is 0 Å². The van der Waals surface area contributed by atoms with E-state index in [2.05, 4.69) is 5.32 Å². The van der Waals surface area contributed by atoms with E-state index in [0.29, 0.717) is 32.8 Å². The van der Waals surface area contributed by atoms with E-state index in [1.54, 1.807) is 12.1 Å². The van der Waals surface area contributed by atoms with E-state index < -0.39 is 0 Å². The smallest absolute Gasteiger partial charge is 0.270 e. The first-order valence-electron chi connectivity index (χ1n) is 11.5. The van der Waals surface area contributed by atoms with E-state index in [1.807, 2.05) is 81.4 Å². The van der Waals surface area contributed by atoms with Gasteiger partial charge in [0, 0.05) is 11.3 Å². The predicted octanol–water partition coefficient (Wildman–Crippen LogP) is 6.13. The minimum Gasteiger partial charge on any atom is -0.494 e. The number of carbonyl (C=O) groups excluding carboxylic acids is 2. The van der Waals surface area contributed by atoms with Crippen LogP contribution in [-0.2, 0) is 9.59 Å². The molecule has 3 aromatic rings. The van der Waals surface area contributed by atoms with Crippen LogP contribution in [0.2, 0.25) is 0 Å². The van der Waals surface area contributed by atoms with Gasteiger partial charge in [-0.2, -0.15) is 0 Å². The number of carbonyl (C=O) groups is 2. The van der Waals surface area contributed by atoms with Gasteiger partial charge in [0.2, 0.25) is 0 Å². The lowest BCUT2D eigenvalue weighted by atomic mass is 10.1. The lowest BCUT2D eigenvalue weighted by Gasteiger charge is -2.15. The molecule has 1 saturated heterocycles. The highest BCUT2D eigenvalue weighted by atomic mass is 32.2. The number of hydrogen-bond donors (Lipinski definition) is 1. The molecule has 1 N–H and O–H groups in total. The van der Waals surface area contributed by atoms with Gasteiger partial charge in [-0.15, -0.1) is 0 Å². The third kappa shape index (κ3) is 5.78. The number of anilines is 2. The molecular formula is C28H26N2O4S2. The van der Waals surface area contributed by atoms with Gasteiger partial charge < -0.3 is 14.8 Å². The zero-order valence-electron chi connectivity index (χ0n) is 20.2. The number of thioether (sulfide) groups is 1. The Balaban J connectivity index is 1.47. The summed E-state index contributed by atoms with van der Waals surface area (Å²) in [7, 11) is 0. The normalized spacial score (nSPS) is 14.3. The molecule has 1 aliphatic rings. The average Bonchev–Trinajstić information content (AvgIpc) is 3.14. The van der Waals surface area contributed by atoms with Gasteiger partial charge in [-0.25, -0.2) is 0 Å². The van der Waals surface area contributed by atoms with Gasteiger partial charge >= 0.3 is 0 Å². The summed E-state index contributed by atoms with van der Waals surface area (Å²) in [5.74, 6) is 0.760. The van der Waals surface area contributed by atoms with Crippen LogP contribution in [0.15, 0.2) is 71.6 Å². The summed E-state index contributed by atoms with van der Waals surface area (Å²) in [6, 6.07) is 20.4. The number of thiocarbonyl (C=S) groups is 1. The molecule has 0 atom stereocenters. The standard InChI is InChI=1S/C28H26N2O4S2/c1-4-33-22-14-12-21(13-15-22)30-27(32)24(36-28(30)35)16-20-10-5-6-11-23(20)34-17-25(31)29-26-18(2)8-7-9-19(26)3/h5-16H,4,17H2,1-3H3,(H,29,31)/b24-16-. The molecule has 0 bridgehead atoms. The quantitative estimate of drug-likeness (QED) is 0.286. The Bertz CT molecular complexity index is 1320. The molecule has 184 valence electrons. The molecule has 3 aromatic carbocycles. The van der Waals surface area contributed by atoms with Crippen molar-refractivity contribution in [2.24, 2.45) is 0 Å². The van der Waals surface area contributed by atoms with Gasteiger partial charge in [-0.3, -0.25) is 14.5 Å². The minimum atomic E-state index is -0.260. The Morgan fingerprint density at radius 3 is 2.39 bits per heavy atom. The third-order valence-corrected chi connectivity index (χ3v) is 6.81. The number of aryl methyl sites for hydroxylation is 2. The van der Waals surface area contributed by atoms with Gasteiger partial charge in [0.15, 0.2) is 10.9 Å². The number of ether oxygens (including phenoxy) is 2. The van der Waals surface area contributed by atoms with E-state index in [9.17, 15) is 9.59 Å². The minimum absolute atomic E-state index is 0.161. The Morgan fingerprint density at radius 1 is 1.00 bits per heavy atom. The molecule has 0 saturated carbocycles. The molecule has 0 radical (unpaired) electrons. The monoisotopic (exact) mass is 518 g/mol. The Kier molecular flexibility index (Phi) is 8.07. The fourth-order valence-electron chi connectivity index (χ4n) is 3.75. The van der Waals surface area contributed by atoms with E-state index in [-0.39, 0.29) is 18.4 Å². The lowest BCUT2D eigenvalue weighted by molar-refractivity contribution is -0.118. The molecule has 6 nitrogen and oxygen atoms in total. The van der Waals surface area contributed by atoms with Gasteiger partial charge in [-0.1, -0.05) is 60.4 Å². The highest BCUT2D eigenvalue weighted by Crippen LogP contribution is 2.37. The van der Waals surface area contributed by atoms with Crippen LogP contribution in [0.4, 0.5) is 11.4 Å². The number of amides is 2. The van der Waals surface area contributed by atoms with Crippen molar-refractivity contribution in [3.63, 3.8) is 0 Å². The summed E-state index contributed by atoms with van der Waals surface area (Å²) in [5.41, 5.74) is 4.12. The first-order chi connectivity index (χ1) is 17.4. The number of hydrogen-bond acceptors (Lipinski definition) is 6. The van der Waals surface area contributed by atoms with Crippen molar-refractivity contribution in [2.45, 2.75) is 20.8 Å². The Labute approximate surface area is 220 Å². The fourth-order valence-corrected chi connectivity index (χ4v) is 5.04. The van der Waals surface area contributed by atoms with Crippen molar-refractivity contribution in [3.8, 4) is 11.5 Å². The van der Waals surface area contributed by atoms with Crippen molar-refractivity contribution >= 4 is 57.6 Å². The summed E-state index contributed by atoms with van der Waals surface area (Å²) in [4.78, 5) is 27.7. The second kappa shape index (κ2) is 11.4. The van der Waals surface area contributed by atoms with Crippen LogP contribution in [0.5, 0.6) is 11.5 Å². The largest absolute Gasteiger partial charge is 0.494 e. The maximum absolute atomic E-state index is 13.2. The SMILES string of the molecule is CCOc1ccc(N2C(=O)/C(=C/c3ccccc3OCC(=O)Nc3c(C)cccc3C)SC2=S)cc1. The zero-order chi connectivity index (χ0) is 25.7. The first kappa shape index (κ1) is 25.5. The maximum atomic E-state index is 13.2. The zero-order valence-corrected chi connectivity index (χ0v) is 21.9. The number of nitrogens with one attached hydrogen (secondary N) is 1. The van der Waals surface area contributed by atoms with Crippen molar-refractivity contribution < 1.29 is 19.1 Å². The topological polar surface area (TPSA) is 67.9 Å². The highest BCUT2D eigenvalue weighted by molar-refractivity contribution is 8.27. The van der Waals surface area contributed by atoms with E-state index in [4.69, 9.17) is 21.7 Å². The van der Waals surface area contributed by atoms with Crippen LogP contribution >= 0.6 is 24.0 Å². The predicted molar refractivity (Wildman–Crippen MR) is 150 cm³/mol. The molecule has 0 aromatic heterocycles. The molecule has 1 heterocycles. The summed E-state index contributed by atoms with van der Waals surface area (Å²) < 4.78 is 11.8. The van der Waals surface area contributed by atoms with Gasteiger partial charge in [0.1, 0.15) is 11.5 Å². The van der Waals surface area contributed by atoms with Crippen LogP contribution in [0, 0.1) is 13.8 Å². The summed E-state index contributed by atoms with van der Waals surface area (Å²) >= 11 is 6.72. The van der Waals surface area contributed by atoms with Crippen LogP contribution in [-0.4, -0.2) is 29.3 Å².